The van der Waals surface area contributed by atoms with Gasteiger partial charge < -0.3 is 4.90 Å². The predicted octanol–water partition coefficient (Wildman–Crippen LogP) is 4.10. The third kappa shape index (κ3) is 2.34. The van der Waals surface area contributed by atoms with Crippen molar-refractivity contribution in [2.45, 2.75) is 50.9 Å². The van der Waals surface area contributed by atoms with Crippen molar-refractivity contribution in [2.75, 3.05) is 13.1 Å². The quantitative estimate of drug-likeness (QED) is 0.678. The van der Waals surface area contributed by atoms with E-state index in [9.17, 15) is 9.18 Å². The number of halogens is 1. The second-order valence-corrected chi connectivity index (χ2v) is 10.1. The normalized spacial score (nSPS) is 25.6. The monoisotopic (exact) mass is 431 g/mol. The highest BCUT2D eigenvalue weighted by atomic mass is 19.1. The second-order valence-electron chi connectivity index (χ2n) is 10.1. The Kier molecular flexibility index (Phi) is 3.96. The van der Waals surface area contributed by atoms with Crippen LogP contribution in [-0.4, -0.2) is 44.3 Å². The van der Waals surface area contributed by atoms with Gasteiger partial charge in [-0.3, -0.25) is 9.89 Å². The summed E-state index contributed by atoms with van der Waals surface area (Å²) in [5, 5.41) is 16.2. The topological polar surface area (TPSA) is 74.8 Å². The van der Waals surface area contributed by atoms with Crippen LogP contribution in [0.1, 0.15) is 61.0 Å². The van der Waals surface area contributed by atoms with Gasteiger partial charge in [0.05, 0.1) is 23.0 Å². The lowest BCUT2D eigenvalue weighted by molar-refractivity contribution is -0.145. The summed E-state index contributed by atoms with van der Waals surface area (Å²) in [7, 11) is 0. The lowest BCUT2D eigenvalue weighted by Gasteiger charge is -2.46. The second kappa shape index (κ2) is 6.47. The van der Waals surface area contributed by atoms with Crippen LogP contribution in [0, 0.1) is 18.2 Å². The van der Waals surface area contributed by atoms with E-state index in [1.54, 1.807) is 18.2 Å². The van der Waals surface area contributed by atoms with Crippen LogP contribution in [0.5, 0.6) is 0 Å². The van der Waals surface area contributed by atoms with Crippen LogP contribution in [0.3, 0.4) is 0 Å². The van der Waals surface area contributed by atoms with Crippen molar-refractivity contribution in [3.05, 3.63) is 64.9 Å². The summed E-state index contributed by atoms with van der Waals surface area (Å²) in [5.41, 5.74) is 4.17. The highest BCUT2D eigenvalue weighted by Crippen LogP contribution is 2.68. The Morgan fingerprint density at radius 3 is 2.72 bits per heavy atom. The highest BCUT2D eigenvalue weighted by molar-refractivity contribution is 5.92. The molecule has 3 aliphatic rings. The minimum atomic E-state index is -0.665. The van der Waals surface area contributed by atoms with E-state index in [0.717, 1.165) is 35.4 Å². The Morgan fingerprint density at radius 2 is 2.00 bits per heavy atom. The molecule has 2 atom stereocenters. The number of carbonyl (C=O) groups excluding carboxylic acids is 1. The third-order valence-corrected chi connectivity index (χ3v) is 8.34. The van der Waals surface area contributed by atoms with Gasteiger partial charge in [0.25, 0.3) is 0 Å². The average Bonchev–Trinajstić information content (AvgIpc) is 3.33. The van der Waals surface area contributed by atoms with Gasteiger partial charge in [-0.1, -0.05) is 26.0 Å². The van der Waals surface area contributed by atoms with Crippen molar-refractivity contribution in [3.8, 4) is 11.3 Å². The molecule has 2 fully saturated rings. The lowest BCUT2D eigenvalue weighted by atomic mass is 9.67. The molecule has 1 amide bonds. The molecule has 2 aliphatic carbocycles. The zero-order valence-corrected chi connectivity index (χ0v) is 18.5. The average molecular weight is 432 g/mol. The summed E-state index contributed by atoms with van der Waals surface area (Å²) in [6.07, 6.45) is 3.55. The van der Waals surface area contributed by atoms with Gasteiger partial charge in [-0.25, -0.2) is 4.39 Å². The third-order valence-electron chi connectivity index (χ3n) is 8.34. The van der Waals surface area contributed by atoms with Crippen LogP contribution in [0.15, 0.2) is 36.5 Å². The first-order chi connectivity index (χ1) is 15.3. The Hall–Kier alpha value is -3.09. The van der Waals surface area contributed by atoms with Crippen molar-refractivity contribution in [2.24, 2.45) is 5.41 Å². The molecule has 3 heterocycles. The number of hydrogen-bond acceptors (Lipinski definition) is 4. The molecule has 0 radical (unpaired) electrons. The van der Waals surface area contributed by atoms with Gasteiger partial charge >= 0.3 is 0 Å². The first-order valence-corrected chi connectivity index (χ1v) is 11.3. The van der Waals surface area contributed by atoms with Crippen LogP contribution < -0.4 is 0 Å². The van der Waals surface area contributed by atoms with E-state index in [2.05, 4.69) is 34.2 Å². The summed E-state index contributed by atoms with van der Waals surface area (Å²) in [4.78, 5) is 15.9. The first-order valence-electron chi connectivity index (χ1n) is 11.3. The molecule has 1 saturated heterocycles. The number of fused-ring (bicyclic) bond motifs is 5. The van der Waals surface area contributed by atoms with Gasteiger partial charge in [0.1, 0.15) is 5.82 Å². The number of aryl methyl sites for hydroxylation is 1. The van der Waals surface area contributed by atoms with Crippen molar-refractivity contribution in [1.29, 1.82) is 0 Å². The van der Waals surface area contributed by atoms with Gasteiger partial charge in [0.15, 0.2) is 0 Å². The molecule has 2 bridgehead atoms. The number of benzene rings is 1. The summed E-state index contributed by atoms with van der Waals surface area (Å²) in [6.45, 7) is 7.80. The van der Waals surface area contributed by atoms with Crippen LogP contribution in [0.2, 0.25) is 0 Å². The van der Waals surface area contributed by atoms with Crippen LogP contribution in [0.25, 0.3) is 11.3 Å². The van der Waals surface area contributed by atoms with E-state index >= 15 is 0 Å². The Balaban J connectivity index is 1.36. The van der Waals surface area contributed by atoms with E-state index in [1.165, 1.54) is 6.07 Å². The van der Waals surface area contributed by atoms with E-state index in [4.69, 9.17) is 0 Å². The highest BCUT2D eigenvalue weighted by Gasteiger charge is 2.68. The van der Waals surface area contributed by atoms with E-state index in [0.29, 0.717) is 30.3 Å². The van der Waals surface area contributed by atoms with E-state index in [-0.39, 0.29) is 23.1 Å². The minimum Gasteiger partial charge on any atom is -0.340 e. The van der Waals surface area contributed by atoms with Crippen LogP contribution in [0.4, 0.5) is 4.39 Å². The number of amides is 1. The molecule has 164 valence electrons. The number of H-pyrrole nitrogens is 1. The maximum absolute atomic E-state index is 14.4. The Morgan fingerprint density at radius 1 is 1.22 bits per heavy atom. The molecule has 6 nitrogen and oxygen atoms in total. The predicted molar refractivity (Wildman–Crippen MR) is 118 cm³/mol. The molecule has 1 N–H and O–H groups in total. The molecule has 2 aromatic heterocycles. The number of rotatable bonds is 3. The van der Waals surface area contributed by atoms with E-state index < -0.39 is 5.41 Å². The Bertz CT molecular complexity index is 1240. The first kappa shape index (κ1) is 19.6. The zero-order chi connectivity index (χ0) is 22.3. The molecule has 0 spiro atoms. The summed E-state index contributed by atoms with van der Waals surface area (Å²) in [6, 6.07) is 8.60. The van der Waals surface area contributed by atoms with Crippen LogP contribution >= 0.6 is 0 Å². The number of aromatic nitrogens is 4. The smallest absolute Gasteiger partial charge is 0.235 e. The SMILES string of the molecule is Cc1cn[nH]c1C1CN(C(=O)[C@@]23CC[C@@H](c4cc(-c5ccccc5F)nnc42)C3(C)C)C1. The molecule has 6 rings (SSSR count). The molecule has 1 aliphatic heterocycles. The van der Waals surface area contributed by atoms with Gasteiger partial charge in [-0.05, 0) is 60.4 Å². The number of carbonyl (C=O) groups is 1. The van der Waals surface area contributed by atoms with Crippen molar-refractivity contribution < 1.29 is 9.18 Å². The molecule has 1 aromatic carbocycles. The minimum absolute atomic E-state index is 0.158. The molecule has 1 saturated carbocycles. The maximum Gasteiger partial charge on any atom is 0.235 e. The number of hydrogen-bond donors (Lipinski definition) is 1. The maximum atomic E-state index is 14.4. The Labute approximate surface area is 186 Å². The zero-order valence-electron chi connectivity index (χ0n) is 18.5. The van der Waals surface area contributed by atoms with Crippen LogP contribution in [-0.2, 0) is 10.2 Å². The number of nitrogens with zero attached hydrogens (tertiary/aromatic N) is 4. The molecule has 3 aromatic rings. The summed E-state index contributed by atoms with van der Waals surface area (Å²) >= 11 is 0. The van der Waals surface area contributed by atoms with Gasteiger partial charge in [0, 0.05) is 30.3 Å². The molecular weight excluding hydrogens is 405 g/mol. The largest absolute Gasteiger partial charge is 0.340 e. The molecule has 7 heteroatoms. The number of aromatic amines is 1. The van der Waals surface area contributed by atoms with Crippen molar-refractivity contribution in [1.82, 2.24) is 25.3 Å². The fourth-order valence-corrected chi connectivity index (χ4v) is 6.46. The molecular formula is C25H26FN5O. The standard InChI is InChI=1S/C25H26FN5O/c1-14-11-27-29-21(14)15-12-31(13-15)23(32)25-9-8-18(24(25,2)3)17-10-20(28-30-22(17)25)16-6-4-5-7-19(16)26/h4-7,10-11,15,18H,8-9,12-13H2,1-3H3,(H,27,29)/t18-,25+/m0/s1. The molecule has 0 unspecified atom stereocenters. The van der Waals surface area contributed by atoms with Gasteiger partial charge in [0.2, 0.25) is 5.91 Å². The van der Waals surface area contributed by atoms with E-state index in [1.807, 2.05) is 24.1 Å². The number of likely N-dealkylation sites (tertiary alicyclic amines) is 1. The molecule has 32 heavy (non-hydrogen) atoms. The van der Waals surface area contributed by atoms with Gasteiger partial charge in [-0.2, -0.15) is 15.3 Å². The summed E-state index contributed by atoms with van der Waals surface area (Å²) < 4.78 is 14.4. The van der Waals surface area contributed by atoms with Crippen molar-refractivity contribution >= 4 is 5.91 Å². The van der Waals surface area contributed by atoms with Crippen molar-refractivity contribution in [3.63, 3.8) is 0 Å². The fourth-order valence-electron chi connectivity index (χ4n) is 6.46. The summed E-state index contributed by atoms with van der Waals surface area (Å²) in [5.74, 6) is 0.365. The van der Waals surface area contributed by atoms with Gasteiger partial charge in [-0.15, -0.1) is 0 Å². The number of nitrogens with one attached hydrogen (secondary N) is 1. The fraction of sp³-hybridized carbons (Fsp3) is 0.440. The lowest BCUT2D eigenvalue weighted by Crippen LogP contribution is -2.58.